The van der Waals surface area contributed by atoms with Gasteiger partial charge in [-0.05, 0) is 38.0 Å². The van der Waals surface area contributed by atoms with Crippen molar-refractivity contribution in [2.45, 2.75) is 38.2 Å². The number of aliphatic hydroxyl groups is 2. The van der Waals surface area contributed by atoms with Crippen molar-refractivity contribution in [1.82, 2.24) is 0 Å². The van der Waals surface area contributed by atoms with E-state index < -0.39 is 6.10 Å². The van der Waals surface area contributed by atoms with E-state index in [2.05, 4.69) is 12.2 Å². The van der Waals surface area contributed by atoms with Gasteiger partial charge in [0.25, 0.3) is 0 Å². The molecule has 70 valence electrons. The third-order valence-corrected chi connectivity index (χ3v) is 2.21. The lowest BCUT2D eigenvalue weighted by molar-refractivity contribution is 0.0891. The Balaban J connectivity index is 1.89. The van der Waals surface area contributed by atoms with E-state index in [-0.39, 0.29) is 6.61 Å². The van der Waals surface area contributed by atoms with E-state index in [1.54, 1.807) is 0 Å². The molecule has 1 saturated carbocycles. The molecule has 2 heteroatoms. The average molecular weight is 170 g/mol. The number of hydrogen-bond acceptors (Lipinski definition) is 2. The second-order valence-electron chi connectivity index (χ2n) is 3.56. The van der Waals surface area contributed by atoms with E-state index in [4.69, 9.17) is 10.2 Å². The van der Waals surface area contributed by atoms with Gasteiger partial charge in [-0.25, -0.2) is 0 Å². The van der Waals surface area contributed by atoms with Gasteiger partial charge in [-0.3, -0.25) is 0 Å². The summed E-state index contributed by atoms with van der Waals surface area (Å²) in [5.74, 6) is 0.948. The molecule has 0 bridgehead atoms. The highest BCUT2D eigenvalue weighted by atomic mass is 16.3. The summed E-state index contributed by atoms with van der Waals surface area (Å²) in [6, 6.07) is 0. The molecular weight excluding hydrogens is 152 g/mol. The molecule has 12 heavy (non-hydrogen) atoms. The SMILES string of the molecule is OCC(O)CC/C=C\CC1CC1. The maximum Gasteiger partial charge on any atom is 0.0773 e. The third kappa shape index (κ3) is 4.52. The van der Waals surface area contributed by atoms with Crippen molar-refractivity contribution in [2.75, 3.05) is 6.61 Å². The van der Waals surface area contributed by atoms with Crippen LogP contribution < -0.4 is 0 Å². The molecule has 2 N–H and O–H groups in total. The Morgan fingerprint density at radius 1 is 1.33 bits per heavy atom. The van der Waals surface area contributed by atoms with Crippen molar-refractivity contribution in [3.8, 4) is 0 Å². The van der Waals surface area contributed by atoms with Crippen LogP contribution in [-0.4, -0.2) is 22.9 Å². The monoisotopic (exact) mass is 170 g/mol. The Kier molecular flexibility index (Phi) is 4.33. The van der Waals surface area contributed by atoms with E-state index in [1.165, 1.54) is 19.3 Å². The van der Waals surface area contributed by atoms with Crippen LogP contribution in [0.2, 0.25) is 0 Å². The molecule has 2 nitrogen and oxygen atoms in total. The molecule has 1 fully saturated rings. The molecule has 0 aromatic carbocycles. The van der Waals surface area contributed by atoms with Crippen LogP contribution >= 0.6 is 0 Å². The van der Waals surface area contributed by atoms with E-state index in [0.29, 0.717) is 6.42 Å². The highest BCUT2D eigenvalue weighted by Gasteiger charge is 2.18. The van der Waals surface area contributed by atoms with Crippen LogP contribution in [0.4, 0.5) is 0 Å². The van der Waals surface area contributed by atoms with E-state index in [9.17, 15) is 0 Å². The summed E-state index contributed by atoms with van der Waals surface area (Å²) in [5.41, 5.74) is 0. The summed E-state index contributed by atoms with van der Waals surface area (Å²) in [7, 11) is 0. The molecule has 1 atom stereocenters. The quantitative estimate of drug-likeness (QED) is 0.593. The first-order valence-corrected chi connectivity index (χ1v) is 4.77. The lowest BCUT2D eigenvalue weighted by atomic mass is 10.2. The number of aliphatic hydroxyl groups excluding tert-OH is 2. The molecule has 0 aromatic rings. The second-order valence-corrected chi connectivity index (χ2v) is 3.56. The average Bonchev–Trinajstić information content (AvgIpc) is 2.87. The first-order valence-electron chi connectivity index (χ1n) is 4.77. The van der Waals surface area contributed by atoms with Gasteiger partial charge in [-0.1, -0.05) is 12.2 Å². The van der Waals surface area contributed by atoms with Gasteiger partial charge in [-0.2, -0.15) is 0 Å². The lowest BCUT2D eigenvalue weighted by Crippen LogP contribution is -2.10. The Bertz CT molecular complexity index is 139. The molecule has 0 saturated heterocycles. The van der Waals surface area contributed by atoms with Crippen LogP contribution in [0, 0.1) is 5.92 Å². The summed E-state index contributed by atoms with van der Waals surface area (Å²) in [5, 5.41) is 17.5. The fourth-order valence-corrected chi connectivity index (χ4v) is 1.14. The minimum Gasteiger partial charge on any atom is -0.394 e. The fourth-order valence-electron chi connectivity index (χ4n) is 1.14. The zero-order chi connectivity index (χ0) is 8.81. The van der Waals surface area contributed by atoms with Crippen molar-refractivity contribution >= 4 is 0 Å². The van der Waals surface area contributed by atoms with Crippen LogP contribution in [0.3, 0.4) is 0 Å². The summed E-state index contributed by atoms with van der Waals surface area (Å²) in [6.07, 6.45) is 9.32. The van der Waals surface area contributed by atoms with Crippen LogP contribution in [0.25, 0.3) is 0 Å². The second kappa shape index (κ2) is 5.33. The number of rotatable bonds is 6. The standard InChI is InChI=1S/C10H18O2/c11-8-10(12)5-3-1-2-4-9-6-7-9/h1-2,9-12H,3-8H2/b2-1-. The van der Waals surface area contributed by atoms with Crippen LogP contribution in [-0.2, 0) is 0 Å². The Morgan fingerprint density at radius 3 is 2.67 bits per heavy atom. The Morgan fingerprint density at radius 2 is 2.08 bits per heavy atom. The summed E-state index contributed by atoms with van der Waals surface area (Å²) in [4.78, 5) is 0. The van der Waals surface area contributed by atoms with Crippen LogP contribution in [0.1, 0.15) is 32.1 Å². The minimum absolute atomic E-state index is 0.115. The van der Waals surface area contributed by atoms with Crippen molar-refractivity contribution in [3.63, 3.8) is 0 Å². The van der Waals surface area contributed by atoms with Gasteiger partial charge in [0, 0.05) is 0 Å². The molecule has 0 spiro atoms. The van der Waals surface area contributed by atoms with Gasteiger partial charge in [0.2, 0.25) is 0 Å². The Hall–Kier alpha value is -0.340. The van der Waals surface area contributed by atoms with Gasteiger partial charge in [0.15, 0.2) is 0 Å². The van der Waals surface area contributed by atoms with E-state index in [1.807, 2.05) is 0 Å². The molecular formula is C10H18O2. The molecule has 1 unspecified atom stereocenters. The molecule has 1 aliphatic rings. The van der Waals surface area contributed by atoms with E-state index >= 15 is 0 Å². The first-order chi connectivity index (χ1) is 5.83. The largest absolute Gasteiger partial charge is 0.394 e. The molecule has 1 aliphatic carbocycles. The zero-order valence-corrected chi connectivity index (χ0v) is 7.45. The van der Waals surface area contributed by atoms with Gasteiger partial charge in [0.05, 0.1) is 12.7 Å². The molecule has 0 radical (unpaired) electrons. The number of hydrogen-bond donors (Lipinski definition) is 2. The first kappa shape index (κ1) is 9.75. The van der Waals surface area contributed by atoms with Crippen molar-refractivity contribution in [2.24, 2.45) is 5.92 Å². The molecule has 0 amide bonds. The molecule has 0 aliphatic heterocycles. The highest BCUT2D eigenvalue weighted by molar-refractivity contribution is 4.88. The van der Waals surface area contributed by atoms with Crippen LogP contribution in [0.5, 0.6) is 0 Å². The third-order valence-electron chi connectivity index (χ3n) is 2.21. The fraction of sp³-hybridized carbons (Fsp3) is 0.800. The predicted molar refractivity (Wildman–Crippen MR) is 48.8 cm³/mol. The van der Waals surface area contributed by atoms with Crippen LogP contribution in [0.15, 0.2) is 12.2 Å². The molecule has 0 aromatic heterocycles. The van der Waals surface area contributed by atoms with Gasteiger partial charge < -0.3 is 10.2 Å². The maximum atomic E-state index is 8.99. The van der Waals surface area contributed by atoms with Gasteiger partial charge in [0.1, 0.15) is 0 Å². The topological polar surface area (TPSA) is 40.5 Å². The van der Waals surface area contributed by atoms with Gasteiger partial charge in [-0.15, -0.1) is 0 Å². The smallest absolute Gasteiger partial charge is 0.0773 e. The summed E-state index contributed by atoms with van der Waals surface area (Å²) < 4.78 is 0. The highest BCUT2D eigenvalue weighted by Crippen LogP contribution is 2.32. The van der Waals surface area contributed by atoms with Crippen molar-refractivity contribution in [3.05, 3.63) is 12.2 Å². The maximum absolute atomic E-state index is 8.99. The molecule has 1 rings (SSSR count). The summed E-state index contributed by atoms with van der Waals surface area (Å²) in [6.45, 7) is -0.115. The summed E-state index contributed by atoms with van der Waals surface area (Å²) >= 11 is 0. The predicted octanol–water partition coefficient (Wildman–Crippen LogP) is 1.48. The zero-order valence-electron chi connectivity index (χ0n) is 7.45. The number of allylic oxidation sites excluding steroid dienone is 2. The van der Waals surface area contributed by atoms with Gasteiger partial charge >= 0.3 is 0 Å². The van der Waals surface area contributed by atoms with Crippen molar-refractivity contribution < 1.29 is 10.2 Å². The molecule has 0 heterocycles. The van der Waals surface area contributed by atoms with E-state index in [0.717, 1.165) is 12.3 Å². The minimum atomic E-state index is -0.532. The van der Waals surface area contributed by atoms with Crippen molar-refractivity contribution in [1.29, 1.82) is 0 Å². The Labute approximate surface area is 73.9 Å². The normalized spacial score (nSPS) is 20.2. The lowest BCUT2D eigenvalue weighted by Gasteiger charge is -2.02.